The van der Waals surface area contributed by atoms with Crippen molar-refractivity contribution in [2.24, 2.45) is 11.3 Å². The average molecular weight is 607 g/mol. The standard InChI is InChI=1S/C32H39FN6O3S/c1-20-17-22(19-34-18-20)37-31-36-15-12-26(38-31)25-11-8-14-35-30(25)42-29-21(2)27(33)28(23-9-6-7-10-24(23)29)39-43(40,41)16-13-32(3,4)5/h6-12,14-15,20,22,34,39H,13,16-19H2,1-5H3,(H,36,37,38)/t20-,22+/m1/s1. The van der Waals surface area contributed by atoms with Gasteiger partial charge in [0.2, 0.25) is 21.9 Å². The maximum atomic E-state index is 16.0. The van der Waals surface area contributed by atoms with Gasteiger partial charge in [0.15, 0.2) is 5.82 Å². The molecule has 1 fully saturated rings. The van der Waals surface area contributed by atoms with E-state index in [1.54, 1.807) is 55.7 Å². The van der Waals surface area contributed by atoms with Gasteiger partial charge in [0.05, 0.1) is 22.7 Å². The highest BCUT2D eigenvalue weighted by Gasteiger charge is 2.25. The zero-order valence-corrected chi connectivity index (χ0v) is 26.1. The summed E-state index contributed by atoms with van der Waals surface area (Å²) in [5, 5.41) is 7.79. The van der Waals surface area contributed by atoms with Gasteiger partial charge in [0.25, 0.3) is 0 Å². The van der Waals surface area contributed by atoms with Crippen molar-refractivity contribution in [1.82, 2.24) is 20.3 Å². The first-order chi connectivity index (χ1) is 20.4. The second-order valence-corrected chi connectivity index (χ2v) is 14.3. The number of halogens is 1. The number of hydrogen-bond donors (Lipinski definition) is 3. The number of benzene rings is 2. The maximum absolute atomic E-state index is 16.0. The molecule has 1 aliphatic rings. The van der Waals surface area contributed by atoms with E-state index in [2.05, 4.69) is 32.2 Å². The highest BCUT2D eigenvalue weighted by atomic mass is 32.2. The van der Waals surface area contributed by atoms with E-state index in [0.717, 1.165) is 19.5 Å². The van der Waals surface area contributed by atoms with E-state index >= 15 is 4.39 Å². The number of piperidine rings is 1. The first kappa shape index (κ1) is 30.6. The molecular weight excluding hydrogens is 567 g/mol. The van der Waals surface area contributed by atoms with Gasteiger partial charge in [0, 0.05) is 41.3 Å². The van der Waals surface area contributed by atoms with Crippen LogP contribution in [0.25, 0.3) is 22.0 Å². The fourth-order valence-corrected chi connectivity index (χ4v) is 6.67. The van der Waals surface area contributed by atoms with Crippen LogP contribution in [0.5, 0.6) is 11.6 Å². The minimum atomic E-state index is -3.80. The normalized spacial score (nSPS) is 17.5. The molecule has 2 aromatic carbocycles. The van der Waals surface area contributed by atoms with Crippen LogP contribution in [0.4, 0.5) is 16.0 Å². The molecular formula is C32H39FN6O3S. The Morgan fingerprint density at radius 3 is 2.56 bits per heavy atom. The smallest absolute Gasteiger partial charge is 0.232 e. The third kappa shape index (κ3) is 7.40. The predicted molar refractivity (Wildman–Crippen MR) is 170 cm³/mol. The molecule has 3 heterocycles. The van der Waals surface area contributed by atoms with Gasteiger partial charge in [-0.1, -0.05) is 52.0 Å². The quantitative estimate of drug-likeness (QED) is 0.197. The number of anilines is 2. The van der Waals surface area contributed by atoms with E-state index in [9.17, 15) is 8.42 Å². The highest BCUT2D eigenvalue weighted by Crippen LogP contribution is 2.42. The maximum Gasteiger partial charge on any atom is 0.232 e. The third-order valence-electron chi connectivity index (χ3n) is 7.51. The molecule has 1 aliphatic heterocycles. The zero-order chi connectivity index (χ0) is 30.8. The van der Waals surface area contributed by atoms with Crippen LogP contribution in [0, 0.1) is 24.1 Å². The van der Waals surface area contributed by atoms with Crippen LogP contribution in [-0.4, -0.2) is 48.3 Å². The summed E-state index contributed by atoms with van der Waals surface area (Å²) in [5.41, 5.74) is 1.10. The topological polar surface area (TPSA) is 118 Å². The lowest BCUT2D eigenvalue weighted by molar-refractivity contribution is 0.377. The van der Waals surface area contributed by atoms with Crippen molar-refractivity contribution in [2.45, 2.75) is 53.5 Å². The van der Waals surface area contributed by atoms with Gasteiger partial charge in [-0.15, -0.1) is 0 Å². The van der Waals surface area contributed by atoms with Crippen LogP contribution >= 0.6 is 0 Å². The lowest BCUT2D eigenvalue weighted by Crippen LogP contribution is -2.42. The van der Waals surface area contributed by atoms with Crippen LogP contribution in [0.15, 0.2) is 54.9 Å². The Bertz CT molecular complexity index is 1720. The minimum absolute atomic E-state index is 0.0892. The number of nitrogens with one attached hydrogen (secondary N) is 3. The molecule has 0 saturated carbocycles. The molecule has 0 bridgehead atoms. The average Bonchev–Trinajstić information content (AvgIpc) is 2.97. The summed E-state index contributed by atoms with van der Waals surface area (Å²) in [6, 6.07) is 12.6. The Balaban J connectivity index is 1.48. The molecule has 9 nitrogen and oxygen atoms in total. The molecule has 0 radical (unpaired) electrons. The number of rotatable bonds is 9. The minimum Gasteiger partial charge on any atom is -0.437 e. The first-order valence-electron chi connectivity index (χ1n) is 14.5. The summed E-state index contributed by atoms with van der Waals surface area (Å²) >= 11 is 0. The first-order valence-corrected chi connectivity index (χ1v) is 16.2. The molecule has 0 aliphatic carbocycles. The van der Waals surface area contributed by atoms with Crippen molar-refractivity contribution in [3.05, 3.63) is 66.2 Å². The zero-order valence-electron chi connectivity index (χ0n) is 25.2. The Morgan fingerprint density at radius 1 is 1.05 bits per heavy atom. The summed E-state index contributed by atoms with van der Waals surface area (Å²) in [7, 11) is -3.80. The number of hydrogen-bond acceptors (Lipinski definition) is 8. The second kappa shape index (κ2) is 12.4. The number of ether oxygens (including phenoxy) is 1. The van der Waals surface area contributed by atoms with Gasteiger partial charge in [-0.2, -0.15) is 0 Å². The number of pyridine rings is 1. The highest BCUT2D eigenvalue weighted by molar-refractivity contribution is 7.92. The molecule has 0 spiro atoms. The van der Waals surface area contributed by atoms with Crippen molar-refractivity contribution in [3.63, 3.8) is 0 Å². The van der Waals surface area contributed by atoms with E-state index in [0.29, 0.717) is 40.3 Å². The second-order valence-electron chi connectivity index (χ2n) is 12.5. The molecule has 5 rings (SSSR count). The van der Waals surface area contributed by atoms with Gasteiger partial charge < -0.3 is 15.4 Å². The van der Waals surface area contributed by atoms with Crippen LogP contribution in [-0.2, 0) is 10.0 Å². The Labute approximate surface area is 252 Å². The van der Waals surface area contributed by atoms with Gasteiger partial charge in [-0.3, -0.25) is 4.72 Å². The summed E-state index contributed by atoms with van der Waals surface area (Å²) in [6.45, 7) is 11.5. The van der Waals surface area contributed by atoms with Crippen molar-refractivity contribution in [1.29, 1.82) is 0 Å². The SMILES string of the molecule is Cc1c(F)c(NS(=O)(=O)CCC(C)(C)C)c2ccccc2c1Oc1ncccc1-c1ccnc(N[C@@H]2CNC[C@H](C)C2)n1. The molecule has 1 saturated heterocycles. The molecule has 2 aromatic heterocycles. The van der Waals surface area contributed by atoms with E-state index in [-0.39, 0.29) is 40.1 Å². The molecule has 228 valence electrons. The molecule has 11 heteroatoms. The van der Waals surface area contributed by atoms with Crippen molar-refractivity contribution >= 4 is 32.4 Å². The summed E-state index contributed by atoms with van der Waals surface area (Å²) in [4.78, 5) is 13.6. The number of sulfonamides is 1. The fraction of sp³-hybridized carbons (Fsp3) is 0.406. The fourth-order valence-electron chi connectivity index (χ4n) is 5.18. The number of fused-ring (bicyclic) bond motifs is 1. The van der Waals surface area contributed by atoms with Gasteiger partial charge in [-0.05, 0) is 55.8 Å². The monoisotopic (exact) mass is 606 g/mol. The number of aromatic nitrogens is 3. The lowest BCUT2D eigenvalue weighted by atomic mass is 9.94. The molecule has 0 amide bonds. The van der Waals surface area contributed by atoms with Crippen LogP contribution in [0.1, 0.15) is 46.1 Å². The Kier molecular flexibility index (Phi) is 8.84. The molecule has 3 N–H and O–H groups in total. The van der Waals surface area contributed by atoms with E-state index < -0.39 is 15.8 Å². The molecule has 2 atom stereocenters. The molecule has 0 unspecified atom stereocenters. The Hall–Kier alpha value is -3.83. The summed E-state index contributed by atoms with van der Waals surface area (Å²) in [6.07, 6.45) is 4.73. The van der Waals surface area contributed by atoms with Crippen LogP contribution in [0.2, 0.25) is 0 Å². The largest absolute Gasteiger partial charge is 0.437 e. The summed E-state index contributed by atoms with van der Waals surface area (Å²) in [5.74, 6) is 0.728. The molecule has 43 heavy (non-hydrogen) atoms. The van der Waals surface area contributed by atoms with Crippen molar-refractivity contribution in [2.75, 3.05) is 28.9 Å². The van der Waals surface area contributed by atoms with Crippen LogP contribution in [0.3, 0.4) is 0 Å². The van der Waals surface area contributed by atoms with E-state index in [1.165, 1.54) is 0 Å². The number of nitrogens with zero attached hydrogens (tertiary/aromatic N) is 3. The van der Waals surface area contributed by atoms with Gasteiger partial charge in [-0.25, -0.2) is 27.8 Å². The van der Waals surface area contributed by atoms with E-state index in [1.807, 2.05) is 26.8 Å². The van der Waals surface area contributed by atoms with Crippen molar-refractivity contribution < 1.29 is 17.5 Å². The van der Waals surface area contributed by atoms with Gasteiger partial charge in [0.1, 0.15) is 5.75 Å². The van der Waals surface area contributed by atoms with Gasteiger partial charge >= 0.3 is 0 Å². The molecule has 4 aromatic rings. The van der Waals surface area contributed by atoms with E-state index in [4.69, 9.17) is 9.72 Å². The summed E-state index contributed by atoms with van der Waals surface area (Å²) < 4.78 is 50.7. The predicted octanol–water partition coefficient (Wildman–Crippen LogP) is 6.52. The third-order valence-corrected chi connectivity index (χ3v) is 8.77. The van der Waals surface area contributed by atoms with Crippen LogP contribution < -0.4 is 20.1 Å². The Morgan fingerprint density at radius 2 is 1.81 bits per heavy atom. The van der Waals surface area contributed by atoms with Crippen molar-refractivity contribution in [3.8, 4) is 22.9 Å². The lowest BCUT2D eigenvalue weighted by Gasteiger charge is -2.28.